The molecule has 2 aliphatic rings. The van der Waals surface area contributed by atoms with Crippen LogP contribution in [0.4, 0.5) is 0 Å². The van der Waals surface area contributed by atoms with Gasteiger partial charge in [-0.25, -0.2) is 8.42 Å². The topological polar surface area (TPSA) is 63.2 Å². The van der Waals surface area contributed by atoms with Crippen molar-refractivity contribution in [3.63, 3.8) is 0 Å². The zero-order valence-electron chi connectivity index (χ0n) is 9.44. The van der Waals surface area contributed by atoms with Crippen LogP contribution in [0.1, 0.15) is 38.5 Å². The van der Waals surface area contributed by atoms with Crippen LogP contribution in [0.5, 0.6) is 0 Å². The molecule has 5 heteroatoms. The third-order valence-electron chi connectivity index (χ3n) is 3.52. The molecule has 0 unspecified atom stereocenters. The Morgan fingerprint density at radius 2 is 1.88 bits per heavy atom. The van der Waals surface area contributed by atoms with Crippen molar-refractivity contribution < 1.29 is 13.2 Å². The zero-order chi connectivity index (χ0) is 11.6. The van der Waals surface area contributed by atoms with Crippen LogP contribution >= 0.6 is 0 Å². The summed E-state index contributed by atoms with van der Waals surface area (Å²) in [6.07, 6.45) is 5.59. The molecule has 92 valence electrons. The number of carbonyl (C=O) groups excluding carboxylic acids is 1. The minimum atomic E-state index is -2.85. The standard InChI is InChI=1S/C11H19NO3S/c13-11(12-10-3-1-2-4-10)7-9-5-6-16(14,15)8-9/h9-10H,1-8H2,(H,12,13)/t9-/m1/s1. The number of rotatable bonds is 3. The Hall–Kier alpha value is -0.580. The Labute approximate surface area is 96.7 Å². The maximum atomic E-state index is 11.7. The largest absolute Gasteiger partial charge is 0.353 e. The third kappa shape index (κ3) is 3.20. The maximum absolute atomic E-state index is 11.7. The fraction of sp³-hybridized carbons (Fsp3) is 0.909. The fourth-order valence-corrected chi connectivity index (χ4v) is 4.51. The summed E-state index contributed by atoms with van der Waals surface area (Å²) >= 11 is 0. The van der Waals surface area contributed by atoms with Crippen LogP contribution in [-0.4, -0.2) is 31.9 Å². The number of nitrogens with one attached hydrogen (secondary N) is 1. The van der Waals surface area contributed by atoms with E-state index in [9.17, 15) is 13.2 Å². The van der Waals surface area contributed by atoms with Crippen molar-refractivity contribution in [2.45, 2.75) is 44.6 Å². The quantitative estimate of drug-likeness (QED) is 0.802. The number of hydrogen-bond donors (Lipinski definition) is 1. The van der Waals surface area contributed by atoms with Gasteiger partial charge in [-0.2, -0.15) is 0 Å². The summed E-state index contributed by atoms with van der Waals surface area (Å²) in [5, 5.41) is 3.00. The van der Waals surface area contributed by atoms with Crippen molar-refractivity contribution in [2.75, 3.05) is 11.5 Å². The van der Waals surface area contributed by atoms with E-state index in [2.05, 4.69) is 5.32 Å². The number of carbonyl (C=O) groups is 1. The SMILES string of the molecule is O=C(C[C@H]1CCS(=O)(=O)C1)NC1CCCC1. The minimum Gasteiger partial charge on any atom is -0.353 e. The first-order valence-corrected chi connectivity index (χ1v) is 7.87. The second-order valence-electron chi connectivity index (χ2n) is 5.02. The molecule has 0 aromatic heterocycles. The van der Waals surface area contributed by atoms with E-state index in [1.165, 1.54) is 12.8 Å². The van der Waals surface area contributed by atoms with E-state index in [4.69, 9.17) is 0 Å². The predicted molar refractivity (Wildman–Crippen MR) is 61.8 cm³/mol. The molecule has 4 nitrogen and oxygen atoms in total. The first kappa shape index (κ1) is 11.9. The summed E-state index contributed by atoms with van der Waals surface area (Å²) in [6.45, 7) is 0. The Kier molecular flexibility index (Phi) is 3.52. The van der Waals surface area contributed by atoms with E-state index in [0.717, 1.165) is 12.8 Å². The van der Waals surface area contributed by atoms with Crippen molar-refractivity contribution in [3.05, 3.63) is 0 Å². The van der Waals surface area contributed by atoms with Gasteiger partial charge >= 0.3 is 0 Å². The van der Waals surface area contributed by atoms with E-state index < -0.39 is 9.84 Å². The van der Waals surface area contributed by atoms with Gasteiger partial charge in [-0.05, 0) is 25.2 Å². The predicted octanol–water partition coefficient (Wildman–Crippen LogP) is 0.870. The molecule has 0 radical (unpaired) electrons. The number of sulfone groups is 1. The van der Waals surface area contributed by atoms with Crippen molar-refractivity contribution in [2.24, 2.45) is 5.92 Å². The summed E-state index contributed by atoms with van der Waals surface area (Å²) < 4.78 is 22.5. The molecule has 0 spiro atoms. The van der Waals surface area contributed by atoms with Crippen molar-refractivity contribution >= 4 is 15.7 Å². The molecule has 1 amide bonds. The van der Waals surface area contributed by atoms with Gasteiger partial charge in [-0.1, -0.05) is 12.8 Å². The minimum absolute atomic E-state index is 0.0361. The van der Waals surface area contributed by atoms with Crippen LogP contribution in [0, 0.1) is 5.92 Å². The van der Waals surface area contributed by atoms with Gasteiger partial charge in [0.05, 0.1) is 11.5 Å². The van der Waals surface area contributed by atoms with Gasteiger partial charge in [0, 0.05) is 12.5 Å². The summed E-state index contributed by atoms with van der Waals surface area (Å²) in [4.78, 5) is 11.7. The highest BCUT2D eigenvalue weighted by Gasteiger charge is 2.30. The molecule has 2 fully saturated rings. The average molecular weight is 245 g/mol. The van der Waals surface area contributed by atoms with Crippen LogP contribution < -0.4 is 5.32 Å². The zero-order valence-corrected chi connectivity index (χ0v) is 10.3. The van der Waals surface area contributed by atoms with Gasteiger partial charge in [-0.3, -0.25) is 4.79 Å². The summed E-state index contributed by atoms with van der Waals surface area (Å²) in [5.74, 6) is 0.542. The molecule has 0 aromatic rings. The first-order chi connectivity index (χ1) is 7.55. The highest BCUT2D eigenvalue weighted by molar-refractivity contribution is 7.91. The van der Waals surface area contributed by atoms with Crippen LogP contribution in [0.2, 0.25) is 0 Å². The summed E-state index contributed by atoms with van der Waals surface area (Å²) in [6, 6.07) is 0.338. The molecule has 1 aliphatic heterocycles. The molecule has 1 aliphatic carbocycles. The molecule has 1 saturated carbocycles. The highest BCUT2D eigenvalue weighted by Crippen LogP contribution is 2.22. The second-order valence-corrected chi connectivity index (χ2v) is 7.25. The Balaban J connectivity index is 1.75. The van der Waals surface area contributed by atoms with Crippen molar-refractivity contribution in [3.8, 4) is 0 Å². The lowest BCUT2D eigenvalue weighted by atomic mass is 10.0. The summed E-state index contributed by atoms with van der Waals surface area (Å²) in [7, 11) is -2.85. The van der Waals surface area contributed by atoms with Gasteiger partial charge in [0.15, 0.2) is 9.84 Å². The smallest absolute Gasteiger partial charge is 0.220 e. The van der Waals surface area contributed by atoms with Crippen LogP contribution in [0.25, 0.3) is 0 Å². The number of hydrogen-bond acceptors (Lipinski definition) is 3. The van der Waals surface area contributed by atoms with Crippen LogP contribution in [0.3, 0.4) is 0 Å². The lowest BCUT2D eigenvalue weighted by Crippen LogP contribution is -2.33. The Morgan fingerprint density at radius 1 is 1.19 bits per heavy atom. The normalized spacial score (nSPS) is 29.4. The maximum Gasteiger partial charge on any atom is 0.220 e. The number of amides is 1. The van der Waals surface area contributed by atoms with Gasteiger partial charge in [0.2, 0.25) is 5.91 Å². The Bertz CT molecular complexity index is 357. The lowest BCUT2D eigenvalue weighted by Gasteiger charge is -2.13. The highest BCUT2D eigenvalue weighted by atomic mass is 32.2. The second kappa shape index (κ2) is 4.73. The fourth-order valence-electron chi connectivity index (χ4n) is 2.65. The van der Waals surface area contributed by atoms with Gasteiger partial charge in [0.1, 0.15) is 0 Å². The van der Waals surface area contributed by atoms with Gasteiger partial charge in [-0.15, -0.1) is 0 Å². The van der Waals surface area contributed by atoms with E-state index in [1.54, 1.807) is 0 Å². The van der Waals surface area contributed by atoms with Gasteiger partial charge in [0.25, 0.3) is 0 Å². The average Bonchev–Trinajstić information content (AvgIpc) is 2.76. The molecule has 2 rings (SSSR count). The van der Waals surface area contributed by atoms with E-state index in [0.29, 0.717) is 18.9 Å². The van der Waals surface area contributed by atoms with Crippen molar-refractivity contribution in [1.82, 2.24) is 5.32 Å². The lowest BCUT2D eigenvalue weighted by molar-refractivity contribution is -0.122. The first-order valence-electron chi connectivity index (χ1n) is 6.05. The molecule has 1 saturated heterocycles. The van der Waals surface area contributed by atoms with E-state index in [1.807, 2.05) is 0 Å². The molecular weight excluding hydrogens is 226 g/mol. The molecule has 0 aromatic carbocycles. The van der Waals surface area contributed by atoms with Gasteiger partial charge < -0.3 is 5.32 Å². The monoisotopic (exact) mass is 245 g/mol. The van der Waals surface area contributed by atoms with E-state index >= 15 is 0 Å². The van der Waals surface area contributed by atoms with Crippen LogP contribution in [-0.2, 0) is 14.6 Å². The Morgan fingerprint density at radius 3 is 2.44 bits per heavy atom. The van der Waals surface area contributed by atoms with Crippen molar-refractivity contribution in [1.29, 1.82) is 0 Å². The third-order valence-corrected chi connectivity index (χ3v) is 5.36. The molecule has 1 heterocycles. The summed E-state index contributed by atoms with van der Waals surface area (Å²) in [5.41, 5.74) is 0. The van der Waals surface area contributed by atoms with E-state index in [-0.39, 0.29) is 23.3 Å². The molecule has 1 N–H and O–H groups in total. The molecule has 16 heavy (non-hydrogen) atoms. The van der Waals surface area contributed by atoms with Crippen LogP contribution in [0.15, 0.2) is 0 Å². The molecule has 0 bridgehead atoms. The molecule has 1 atom stereocenters. The molecular formula is C11H19NO3S.